The van der Waals surface area contributed by atoms with Gasteiger partial charge < -0.3 is 10.2 Å². The monoisotopic (exact) mass is 351 g/mol. The molecule has 0 radical (unpaired) electrons. The largest absolute Gasteiger partial charge is 0.347 e. The van der Waals surface area contributed by atoms with Crippen molar-refractivity contribution in [1.29, 1.82) is 0 Å². The number of halogens is 1. The lowest BCUT2D eigenvalue weighted by molar-refractivity contribution is 0.0940. The molecule has 1 aromatic carbocycles. The van der Waals surface area contributed by atoms with E-state index < -0.39 is 0 Å². The molecule has 0 aliphatic carbocycles. The number of carbonyl (C=O) groups excluding carboxylic acids is 1. The highest BCUT2D eigenvalue weighted by Gasteiger charge is 2.25. The molecule has 3 rings (SSSR count). The molecule has 6 heteroatoms. The topological polar surface area (TPSA) is 45.2 Å². The van der Waals surface area contributed by atoms with Gasteiger partial charge in [-0.05, 0) is 24.6 Å². The van der Waals surface area contributed by atoms with Gasteiger partial charge in [0.2, 0.25) is 0 Å². The molecule has 104 valence electrons. The molecule has 0 saturated carbocycles. The van der Waals surface area contributed by atoms with E-state index in [9.17, 15) is 4.79 Å². The Hall–Kier alpha value is -1.40. The molecule has 1 aromatic heterocycles. The van der Waals surface area contributed by atoms with Crippen molar-refractivity contribution in [3.63, 3.8) is 0 Å². The number of amides is 1. The fourth-order valence-electron chi connectivity index (χ4n) is 2.32. The molecule has 1 fully saturated rings. The molecule has 2 aromatic rings. The first-order valence-electron chi connectivity index (χ1n) is 6.43. The highest BCUT2D eigenvalue weighted by molar-refractivity contribution is 9.10. The Morgan fingerprint density at radius 1 is 1.50 bits per heavy atom. The Morgan fingerprint density at radius 3 is 3.15 bits per heavy atom. The van der Waals surface area contributed by atoms with Crippen molar-refractivity contribution >= 4 is 38.3 Å². The SMILES string of the molecule is O=C(N[C@@H]1CCN(c2nccs2)C1)c1cccc(Br)c1. The van der Waals surface area contributed by atoms with Gasteiger partial charge in [0.15, 0.2) is 5.13 Å². The maximum absolute atomic E-state index is 12.2. The summed E-state index contributed by atoms with van der Waals surface area (Å²) in [6, 6.07) is 7.63. The number of hydrogen-bond acceptors (Lipinski definition) is 4. The summed E-state index contributed by atoms with van der Waals surface area (Å²) in [5.41, 5.74) is 0.687. The van der Waals surface area contributed by atoms with Gasteiger partial charge >= 0.3 is 0 Å². The van der Waals surface area contributed by atoms with Crippen LogP contribution in [0.1, 0.15) is 16.8 Å². The second kappa shape index (κ2) is 5.93. The summed E-state index contributed by atoms with van der Waals surface area (Å²) in [6.45, 7) is 1.77. The number of rotatable bonds is 3. The van der Waals surface area contributed by atoms with E-state index in [-0.39, 0.29) is 11.9 Å². The van der Waals surface area contributed by atoms with E-state index in [0.717, 1.165) is 29.1 Å². The van der Waals surface area contributed by atoms with Crippen molar-refractivity contribution in [2.75, 3.05) is 18.0 Å². The lowest BCUT2D eigenvalue weighted by Gasteiger charge is -2.15. The predicted molar refractivity (Wildman–Crippen MR) is 84.3 cm³/mol. The number of carbonyl (C=O) groups is 1. The number of nitrogens with one attached hydrogen (secondary N) is 1. The van der Waals surface area contributed by atoms with Gasteiger partial charge in [-0.25, -0.2) is 4.98 Å². The second-order valence-corrected chi connectivity index (χ2v) is 6.52. The molecule has 20 heavy (non-hydrogen) atoms. The van der Waals surface area contributed by atoms with E-state index in [1.54, 1.807) is 11.3 Å². The third kappa shape index (κ3) is 3.02. The van der Waals surface area contributed by atoms with E-state index in [1.807, 2.05) is 35.8 Å². The Morgan fingerprint density at radius 2 is 2.40 bits per heavy atom. The molecule has 1 aliphatic rings. The van der Waals surface area contributed by atoms with Gasteiger partial charge in [0.05, 0.1) is 0 Å². The highest BCUT2D eigenvalue weighted by atomic mass is 79.9. The Balaban J connectivity index is 1.61. The maximum Gasteiger partial charge on any atom is 0.251 e. The average Bonchev–Trinajstić information content (AvgIpc) is 3.08. The minimum Gasteiger partial charge on any atom is -0.347 e. The summed E-state index contributed by atoms with van der Waals surface area (Å²) >= 11 is 5.02. The first-order chi connectivity index (χ1) is 9.72. The summed E-state index contributed by atoms with van der Waals surface area (Å²) in [5.74, 6) is -0.0164. The van der Waals surface area contributed by atoms with Crippen molar-refractivity contribution in [2.45, 2.75) is 12.5 Å². The van der Waals surface area contributed by atoms with Crippen molar-refractivity contribution in [1.82, 2.24) is 10.3 Å². The Kier molecular flexibility index (Phi) is 4.03. The van der Waals surface area contributed by atoms with Crippen LogP contribution in [0.5, 0.6) is 0 Å². The van der Waals surface area contributed by atoms with Crippen molar-refractivity contribution in [3.8, 4) is 0 Å². The van der Waals surface area contributed by atoms with E-state index in [0.29, 0.717) is 5.56 Å². The first-order valence-corrected chi connectivity index (χ1v) is 8.10. The van der Waals surface area contributed by atoms with E-state index >= 15 is 0 Å². The third-order valence-electron chi connectivity index (χ3n) is 3.30. The summed E-state index contributed by atoms with van der Waals surface area (Å²) in [5, 5.41) is 6.10. The summed E-state index contributed by atoms with van der Waals surface area (Å²) in [7, 11) is 0. The van der Waals surface area contributed by atoms with Gasteiger partial charge in [-0.2, -0.15) is 0 Å². The summed E-state index contributed by atoms with van der Waals surface area (Å²) < 4.78 is 0.918. The van der Waals surface area contributed by atoms with E-state index in [4.69, 9.17) is 0 Å². The third-order valence-corrected chi connectivity index (χ3v) is 4.63. The van der Waals surface area contributed by atoms with E-state index in [1.165, 1.54) is 0 Å². The maximum atomic E-state index is 12.2. The van der Waals surface area contributed by atoms with Gasteiger partial charge in [0, 0.05) is 40.7 Å². The van der Waals surface area contributed by atoms with Crippen molar-refractivity contribution in [3.05, 3.63) is 45.9 Å². The number of aromatic nitrogens is 1. The van der Waals surface area contributed by atoms with Crippen LogP contribution in [0, 0.1) is 0 Å². The van der Waals surface area contributed by atoms with Crippen LogP contribution in [-0.4, -0.2) is 30.0 Å². The molecule has 0 spiro atoms. The molecule has 0 bridgehead atoms. The Bertz CT molecular complexity index is 602. The Labute approximate surface area is 130 Å². The van der Waals surface area contributed by atoms with Crippen LogP contribution in [-0.2, 0) is 0 Å². The smallest absolute Gasteiger partial charge is 0.251 e. The normalized spacial score (nSPS) is 18.2. The van der Waals surface area contributed by atoms with Crippen LogP contribution in [0.4, 0.5) is 5.13 Å². The van der Waals surface area contributed by atoms with Crippen LogP contribution in [0.2, 0.25) is 0 Å². The fraction of sp³-hybridized carbons (Fsp3) is 0.286. The fourth-order valence-corrected chi connectivity index (χ4v) is 3.40. The molecular weight excluding hydrogens is 338 g/mol. The zero-order valence-corrected chi connectivity index (χ0v) is 13.2. The van der Waals surface area contributed by atoms with Crippen LogP contribution < -0.4 is 10.2 Å². The van der Waals surface area contributed by atoms with E-state index in [2.05, 4.69) is 31.1 Å². The molecule has 2 heterocycles. The first kappa shape index (κ1) is 13.6. The van der Waals surface area contributed by atoms with Gasteiger partial charge in [0.1, 0.15) is 0 Å². The average molecular weight is 352 g/mol. The minimum absolute atomic E-state index is 0.0164. The number of thiazole rings is 1. The van der Waals surface area contributed by atoms with Crippen LogP contribution in [0.15, 0.2) is 40.3 Å². The molecule has 1 N–H and O–H groups in total. The molecule has 1 atom stereocenters. The van der Waals surface area contributed by atoms with Gasteiger partial charge in [-0.1, -0.05) is 22.0 Å². The molecule has 1 amide bonds. The number of nitrogens with zero attached hydrogens (tertiary/aromatic N) is 2. The number of benzene rings is 1. The predicted octanol–water partition coefficient (Wildman–Crippen LogP) is 2.91. The van der Waals surface area contributed by atoms with Crippen LogP contribution in [0.3, 0.4) is 0 Å². The number of hydrogen-bond donors (Lipinski definition) is 1. The van der Waals surface area contributed by atoms with Gasteiger partial charge in [0.25, 0.3) is 5.91 Å². The molecule has 1 saturated heterocycles. The quantitative estimate of drug-likeness (QED) is 0.924. The summed E-state index contributed by atoms with van der Waals surface area (Å²) in [4.78, 5) is 18.7. The van der Waals surface area contributed by atoms with Crippen LogP contribution in [0.25, 0.3) is 0 Å². The highest BCUT2D eigenvalue weighted by Crippen LogP contribution is 2.22. The zero-order chi connectivity index (χ0) is 13.9. The molecule has 4 nitrogen and oxygen atoms in total. The standard InChI is InChI=1S/C14H14BrN3OS/c15-11-3-1-2-10(8-11)13(19)17-12-4-6-18(9-12)14-16-5-7-20-14/h1-3,5,7-8,12H,4,6,9H2,(H,17,19)/t12-/m1/s1. The summed E-state index contributed by atoms with van der Waals surface area (Å²) in [6.07, 6.45) is 2.77. The lowest BCUT2D eigenvalue weighted by atomic mass is 10.2. The lowest BCUT2D eigenvalue weighted by Crippen LogP contribution is -2.37. The molecular formula is C14H14BrN3OS. The molecule has 1 aliphatic heterocycles. The number of anilines is 1. The van der Waals surface area contributed by atoms with Crippen molar-refractivity contribution in [2.24, 2.45) is 0 Å². The minimum atomic E-state index is -0.0164. The van der Waals surface area contributed by atoms with Gasteiger partial charge in [-0.15, -0.1) is 11.3 Å². The van der Waals surface area contributed by atoms with Crippen molar-refractivity contribution < 1.29 is 4.79 Å². The van der Waals surface area contributed by atoms with Gasteiger partial charge in [-0.3, -0.25) is 4.79 Å². The second-order valence-electron chi connectivity index (χ2n) is 4.73. The molecule has 0 unspecified atom stereocenters. The zero-order valence-electron chi connectivity index (χ0n) is 10.8. The van der Waals surface area contributed by atoms with Crippen LogP contribution >= 0.6 is 27.3 Å².